The van der Waals surface area contributed by atoms with E-state index in [-0.39, 0.29) is 5.78 Å². The third kappa shape index (κ3) is 4.77. The van der Waals surface area contributed by atoms with Crippen molar-refractivity contribution in [1.29, 1.82) is 0 Å². The van der Waals surface area contributed by atoms with E-state index >= 15 is 0 Å². The number of methoxy groups -OCH3 is 1. The Kier molecular flexibility index (Phi) is 7.16. The second kappa shape index (κ2) is 10.1. The second-order valence-corrected chi connectivity index (χ2v) is 10.2. The van der Waals surface area contributed by atoms with Gasteiger partial charge < -0.3 is 19.0 Å². The van der Waals surface area contributed by atoms with Crippen molar-refractivity contribution in [2.24, 2.45) is 5.92 Å². The predicted octanol–water partition coefficient (Wildman–Crippen LogP) is 4.25. The third-order valence-corrected chi connectivity index (χ3v) is 7.46. The van der Waals surface area contributed by atoms with Crippen molar-refractivity contribution in [3.63, 3.8) is 0 Å². The molecule has 3 aromatic rings. The van der Waals surface area contributed by atoms with Crippen molar-refractivity contribution in [1.82, 2.24) is 19.7 Å². The van der Waals surface area contributed by atoms with Gasteiger partial charge in [-0.15, -0.1) is 10.2 Å². The van der Waals surface area contributed by atoms with Crippen molar-refractivity contribution in [3.05, 3.63) is 46.7 Å². The summed E-state index contributed by atoms with van der Waals surface area (Å²) in [5, 5.41) is 9.15. The maximum absolute atomic E-state index is 13.3. The predicted molar refractivity (Wildman–Crippen MR) is 130 cm³/mol. The van der Waals surface area contributed by atoms with E-state index in [0.717, 1.165) is 37.6 Å². The van der Waals surface area contributed by atoms with E-state index in [2.05, 4.69) is 27.0 Å². The van der Waals surface area contributed by atoms with Crippen LogP contribution < -0.4 is 4.90 Å². The molecule has 1 fully saturated rings. The van der Waals surface area contributed by atoms with Crippen molar-refractivity contribution < 1.29 is 18.7 Å². The number of thioether (sulfide) groups is 1. The van der Waals surface area contributed by atoms with Gasteiger partial charge in [-0.3, -0.25) is 9.36 Å². The molecular weight excluding hydrogens is 454 g/mol. The Morgan fingerprint density at radius 3 is 2.68 bits per heavy atom. The van der Waals surface area contributed by atoms with Gasteiger partial charge in [0, 0.05) is 18.8 Å². The van der Waals surface area contributed by atoms with Crippen LogP contribution in [0.1, 0.15) is 64.6 Å². The molecule has 10 heteroatoms. The maximum atomic E-state index is 13.3. The molecule has 1 atom stereocenters. The Bertz CT molecular complexity index is 1160. The number of aryl methyl sites for hydroxylation is 1. The molecule has 0 bridgehead atoms. The van der Waals surface area contributed by atoms with Gasteiger partial charge in [-0.2, -0.15) is 0 Å². The molecule has 0 aromatic carbocycles. The summed E-state index contributed by atoms with van der Waals surface area (Å²) in [5.74, 6) is 1.73. The third-order valence-electron chi connectivity index (χ3n) is 6.38. The zero-order chi connectivity index (χ0) is 24.4. The number of nitrogens with one attached hydrogen (secondary N) is 1. The van der Waals surface area contributed by atoms with Crippen LogP contribution in [0.4, 0.5) is 5.95 Å². The highest BCUT2D eigenvalue weighted by Gasteiger charge is 2.29. The zero-order valence-corrected chi connectivity index (χ0v) is 21.1. The first kappa shape index (κ1) is 24.1. The lowest BCUT2D eigenvalue weighted by atomic mass is 10.00. The molecule has 1 unspecified atom stereocenters. The van der Waals surface area contributed by atoms with Crippen molar-refractivity contribution >= 4 is 29.5 Å². The molecule has 9 nitrogen and oxygen atoms in total. The van der Waals surface area contributed by atoms with Crippen LogP contribution in [-0.2, 0) is 11.3 Å². The van der Waals surface area contributed by atoms with E-state index in [9.17, 15) is 9.59 Å². The number of aromatic amines is 1. The van der Waals surface area contributed by atoms with Crippen LogP contribution in [0.15, 0.2) is 28.0 Å². The average molecular weight is 486 g/mol. The van der Waals surface area contributed by atoms with Crippen LogP contribution in [0.25, 0.3) is 0 Å². The number of piperidine rings is 1. The molecule has 0 radical (unpaired) electrons. The molecule has 1 aliphatic heterocycles. The summed E-state index contributed by atoms with van der Waals surface area (Å²) < 4.78 is 12.5. The van der Waals surface area contributed by atoms with E-state index in [1.807, 2.05) is 23.6 Å². The molecule has 1 aliphatic rings. The number of Topliss-reactive ketones (excluding diaryl/α,β-unsaturated/α-hetero) is 1. The fourth-order valence-corrected chi connectivity index (χ4v) is 5.23. The summed E-state index contributed by atoms with van der Waals surface area (Å²) in [6, 6.07) is 3.78. The van der Waals surface area contributed by atoms with Crippen LogP contribution >= 0.6 is 11.8 Å². The molecule has 3 aromatic heterocycles. The Balaban J connectivity index is 1.59. The number of furan rings is 1. The standard InChI is InChI=1S/C24H31N5O4S/c1-14-8-10-28(11-9-14)23-26-27-24(29(23)13-18-7-6-12-33-18)34-17(4)21(30)20-15(2)19(16(3)25-20)22(31)32-5/h6-7,12,14,17,25H,8-11,13H2,1-5H3. The van der Waals surface area contributed by atoms with Gasteiger partial charge in [0.05, 0.1) is 36.4 Å². The SMILES string of the molecule is COC(=O)c1c(C)[nH]c(C(=O)C(C)Sc2nnc(N3CCC(C)CC3)n2Cc2ccco2)c1C. The van der Waals surface area contributed by atoms with Crippen LogP contribution in [0.3, 0.4) is 0 Å². The van der Waals surface area contributed by atoms with Gasteiger partial charge in [0.15, 0.2) is 10.9 Å². The van der Waals surface area contributed by atoms with Crippen LogP contribution in [0.2, 0.25) is 0 Å². The van der Waals surface area contributed by atoms with E-state index < -0.39 is 11.2 Å². The van der Waals surface area contributed by atoms with Gasteiger partial charge >= 0.3 is 5.97 Å². The highest BCUT2D eigenvalue weighted by Crippen LogP contribution is 2.31. The average Bonchev–Trinajstić information content (AvgIpc) is 3.54. The Hall–Kier alpha value is -3.01. The molecule has 4 heterocycles. The number of H-pyrrole nitrogens is 1. The summed E-state index contributed by atoms with van der Waals surface area (Å²) in [5.41, 5.74) is 2.04. The van der Waals surface area contributed by atoms with E-state index in [1.54, 1.807) is 20.1 Å². The second-order valence-electron chi connectivity index (χ2n) is 8.86. The van der Waals surface area contributed by atoms with Gasteiger partial charge in [0.25, 0.3) is 0 Å². The number of carbonyl (C=O) groups is 2. The summed E-state index contributed by atoms with van der Waals surface area (Å²) >= 11 is 1.35. The summed E-state index contributed by atoms with van der Waals surface area (Å²) in [6.45, 7) is 9.97. The number of carbonyl (C=O) groups excluding carboxylic acids is 2. The molecule has 0 amide bonds. The normalized spacial score (nSPS) is 15.5. The fraction of sp³-hybridized carbons (Fsp3) is 0.500. The van der Waals surface area contributed by atoms with Crippen LogP contribution in [0.5, 0.6) is 0 Å². The first-order valence-electron chi connectivity index (χ1n) is 11.5. The summed E-state index contributed by atoms with van der Waals surface area (Å²) in [7, 11) is 1.33. The van der Waals surface area contributed by atoms with Crippen LogP contribution in [0, 0.1) is 19.8 Å². The topological polar surface area (TPSA) is 106 Å². The Labute approximate surface area is 203 Å². The first-order valence-corrected chi connectivity index (χ1v) is 12.4. The van der Waals surface area contributed by atoms with E-state index in [0.29, 0.717) is 40.1 Å². The molecule has 1 saturated heterocycles. The summed E-state index contributed by atoms with van der Waals surface area (Å²) in [6.07, 6.45) is 3.87. The molecular formula is C24H31N5O4S. The number of rotatable bonds is 8. The molecule has 34 heavy (non-hydrogen) atoms. The van der Waals surface area contributed by atoms with Crippen LogP contribution in [-0.4, -0.2) is 57.0 Å². The Morgan fingerprint density at radius 1 is 1.29 bits per heavy atom. The monoisotopic (exact) mass is 485 g/mol. The zero-order valence-electron chi connectivity index (χ0n) is 20.3. The molecule has 4 rings (SSSR count). The minimum Gasteiger partial charge on any atom is -0.467 e. The Morgan fingerprint density at radius 2 is 2.03 bits per heavy atom. The van der Waals surface area contributed by atoms with Gasteiger partial charge in [0.2, 0.25) is 5.95 Å². The van der Waals surface area contributed by atoms with Gasteiger partial charge in [-0.05, 0) is 57.2 Å². The smallest absolute Gasteiger partial charge is 0.339 e. The maximum Gasteiger partial charge on any atom is 0.339 e. The van der Waals surface area contributed by atoms with Crippen molar-refractivity contribution in [2.75, 3.05) is 25.1 Å². The number of ether oxygens (including phenoxy) is 1. The quantitative estimate of drug-likeness (QED) is 0.287. The van der Waals surface area contributed by atoms with E-state index in [1.165, 1.54) is 18.9 Å². The molecule has 0 aliphatic carbocycles. The number of esters is 1. The summed E-state index contributed by atoms with van der Waals surface area (Å²) in [4.78, 5) is 30.8. The minimum absolute atomic E-state index is 0.110. The highest BCUT2D eigenvalue weighted by molar-refractivity contribution is 8.00. The van der Waals surface area contributed by atoms with Crippen molar-refractivity contribution in [2.45, 2.75) is 57.5 Å². The number of nitrogens with zero attached hydrogens (tertiary/aromatic N) is 4. The first-order chi connectivity index (χ1) is 16.3. The van der Waals surface area contributed by atoms with Gasteiger partial charge in [0.1, 0.15) is 5.76 Å². The number of aromatic nitrogens is 4. The largest absolute Gasteiger partial charge is 0.467 e. The lowest BCUT2D eigenvalue weighted by Crippen LogP contribution is -2.35. The molecule has 0 spiro atoms. The van der Waals surface area contributed by atoms with Crippen molar-refractivity contribution in [3.8, 4) is 0 Å². The van der Waals surface area contributed by atoms with E-state index in [4.69, 9.17) is 9.15 Å². The minimum atomic E-state index is -0.454. The number of hydrogen-bond acceptors (Lipinski definition) is 8. The lowest BCUT2D eigenvalue weighted by Gasteiger charge is -2.31. The van der Waals surface area contributed by atoms with Gasteiger partial charge in [-0.1, -0.05) is 18.7 Å². The van der Waals surface area contributed by atoms with Gasteiger partial charge in [-0.25, -0.2) is 4.79 Å². The number of hydrogen-bond donors (Lipinski definition) is 1. The highest BCUT2D eigenvalue weighted by atomic mass is 32.2. The fourth-order valence-electron chi connectivity index (χ4n) is 4.33. The lowest BCUT2D eigenvalue weighted by molar-refractivity contribution is 0.0599. The molecule has 0 saturated carbocycles. The molecule has 1 N–H and O–H groups in total. The number of anilines is 1. The number of ketones is 1. The molecule has 182 valence electrons.